The molecule has 132 valence electrons. The van der Waals surface area contributed by atoms with Gasteiger partial charge in [0.1, 0.15) is 5.52 Å². The van der Waals surface area contributed by atoms with Gasteiger partial charge < -0.3 is 10.3 Å². The van der Waals surface area contributed by atoms with Crippen LogP contribution < -0.4 is 5.32 Å². The van der Waals surface area contributed by atoms with Gasteiger partial charge >= 0.3 is 0 Å². The van der Waals surface area contributed by atoms with Crippen molar-refractivity contribution in [2.24, 2.45) is 0 Å². The van der Waals surface area contributed by atoms with E-state index in [4.69, 9.17) is 0 Å². The lowest BCUT2D eigenvalue weighted by Crippen LogP contribution is -2.27. The number of hydrogen-bond donors (Lipinski definition) is 2. The van der Waals surface area contributed by atoms with Crippen molar-refractivity contribution < 1.29 is 4.79 Å². The molecule has 5 rings (SSSR count). The summed E-state index contributed by atoms with van der Waals surface area (Å²) < 4.78 is 0. The smallest absolute Gasteiger partial charge is 0.254 e. The van der Waals surface area contributed by atoms with E-state index in [0.29, 0.717) is 11.1 Å². The summed E-state index contributed by atoms with van der Waals surface area (Å²) in [5, 5.41) is 3.22. The molecule has 27 heavy (non-hydrogen) atoms. The molecule has 1 aromatic heterocycles. The molecule has 1 heterocycles. The Morgan fingerprint density at radius 3 is 2.78 bits per heavy atom. The van der Waals surface area contributed by atoms with E-state index in [1.807, 2.05) is 36.4 Å². The number of aromatic amines is 1. The van der Waals surface area contributed by atoms with Gasteiger partial charge in [-0.05, 0) is 53.3 Å². The lowest BCUT2D eigenvalue weighted by Gasteiger charge is -2.15. The Balaban J connectivity index is 1.45. The summed E-state index contributed by atoms with van der Waals surface area (Å²) in [6, 6.07) is 22.6. The van der Waals surface area contributed by atoms with Crippen molar-refractivity contribution in [2.75, 3.05) is 0 Å². The van der Waals surface area contributed by atoms with Crippen LogP contribution in [0.4, 0.5) is 0 Å². The van der Waals surface area contributed by atoms with E-state index in [-0.39, 0.29) is 11.9 Å². The lowest BCUT2D eigenvalue weighted by molar-refractivity contribution is 0.0938. The number of carbonyl (C=O) groups is 1. The molecule has 0 saturated heterocycles. The molecule has 4 nitrogen and oxygen atoms in total. The predicted octanol–water partition coefficient (Wildman–Crippen LogP) is 4.65. The number of para-hydroxylation sites is 1. The van der Waals surface area contributed by atoms with Crippen molar-refractivity contribution in [3.05, 3.63) is 89.7 Å². The van der Waals surface area contributed by atoms with Crippen LogP contribution in [0, 0.1) is 0 Å². The molecule has 0 radical (unpaired) electrons. The minimum absolute atomic E-state index is 0.0327. The van der Waals surface area contributed by atoms with E-state index in [1.165, 1.54) is 22.3 Å². The van der Waals surface area contributed by atoms with Gasteiger partial charge in [0.05, 0.1) is 23.4 Å². The highest BCUT2D eigenvalue weighted by atomic mass is 16.1. The number of nitrogens with one attached hydrogen (secondary N) is 2. The average Bonchev–Trinajstić information content (AvgIpc) is 3.35. The van der Waals surface area contributed by atoms with Crippen molar-refractivity contribution in [3.8, 4) is 11.1 Å². The normalized spacial score (nSPS) is 15.6. The zero-order valence-corrected chi connectivity index (χ0v) is 14.8. The van der Waals surface area contributed by atoms with Gasteiger partial charge in [0.15, 0.2) is 0 Å². The predicted molar refractivity (Wildman–Crippen MR) is 106 cm³/mol. The monoisotopic (exact) mass is 353 g/mol. The Hall–Kier alpha value is -3.40. The molecule has 0 bridgehead atoms. The second-order valence-corrected chi connectivity index (χ2v) is 6.95. The fraction of sp³-hybridized carbons (Fsp3) is 0.130. The first-order chi connectivity index (χ1) is 13.3. The molecule has 0 saturated carbocycles. The Labute approximate surface area is 157 Å². The van der Waals surface area contributed by atoms with Crippen LogP contribution in [0.25, 0.3) is 22.2 Å². The number of fused-ring (bicyclic) bond motifs is 2. The van der Waals surface area contributed by atoms with Gasteiger partial charge in [0, 0.05) is 0 Å². The number of H-pyrrole nitrogens is 1. The van der Waals surface area contributed by atoms with Crippen LogP contribution in [0.15, 0.2) is 73.1 Å². The summed E-state index contributed by atoms with van der Waals surface area (Å²) in [7, 11) is 0. The van der Waals surface area contributed by atoms with E-state index < -0.39 is 0 Å². The average molecular weight is 353 g/mol. The van der Waals surface area contributed by atoms with E-state index in [9.17, 15) is 4.79 Å². The van der Waals surface area contributed by atoms with Crippen LogP contribution in [0.5, 0.6) is 0 Å². The standard InChI is InChI=1S/C23H19N3O/c27-23(18-7-4-8-21-22(18)25-14-24-21)26-20-12-11-16-9-10-17(13-19(16)20)15-5-2-1-3-6-15/h1-10,13-14,20H,11-12H2,(H,24,25)(H,26,27). The molecular weight excluding hydrogens is 334 g/mol. The molecule has 3 aromatic carbocycles. The zero-order chi connectivity index (χ0) is 18.2. The molecule has 0 aliphatic heterocycles. The van der Waals surface area contributed by atoms with Gasteiger partial charge in [-0.2, -0.15) is 0 Å². The number of amides is 1. The Kier molecular flexibility index (Phi) is 3.75. The first-order valence-corrected chi connectivity index (χ1v) is 9.21. The molecule has 4 heteroatoms. The number of rotatable bonds is 3. The largest absolute Gasteiger partial charge is 0.345 e. The second kappa shape index (κ2) is 6.40. The zero-order valence-electron chi connectivity index (χ0n) is 14.8. The van der Waals surface area contributed by atoms with E-state index in [2.05, 4.69) is 45.6 Å². The second-order valence-electron chi connectivity index (χ2n) is 6.95. The number of aryl methyl sites for hydroxylation is 1. The molecule has 1 aliphatic rings. The Morgan fingerprint density at radius 2 is 1.89 bits per heavy atom. The van der Waals surface area contributed by atoms with Crippen molar-refractivity contribution in [2.45, 2.75) is 18.9 Å². The van der Waals surface area contributed by atoms with Crippen LogP contribution in [-0.4, -0.2) is 15.9 Å². The fourth-order valence-corrected chi connectivity index (χ4v) is 3.95. The number of carbonyl (C=O) groups excluding carboxylic acids is 1. The van der Waals surface area contributed by atoms with Crippen LogP contribution in [0.1, 0.15) is 33.9 Å². The first kappa shape index (κ1) is 15.8. The van der Waals surface area contributed by atoms with Gasteiger partial charge in [-0.25, -0.2) is 4.98 Å². The molecule has 4 aromatic rings. The summed E-state index contributed by atoms with van der Waals surface area (Å²) in [6.45, 7) is 0. The van der Waals surface area contributed by atoms with Crippen LogP contribution in [0.3, 0.4) is 0 Å². The third-order valence-electron chi connectivity index (χ3n) is 5.33. The molecule has 0 fully saturated rings. The molecule has 1 aliphatic carbocycles. The summed E-state index contributed by atoms with van der Waals surface area (Å²) in [5.74, 6) is -0.0735. The fourth-order valence-electron chi connectivity index (χ4n) is 3.95. The summed E-state index contributed by atoms with van der Waals surface area (Å²) >= 11 is 0. The topological polar surface area (TPSA) is 57.8 Å². The van der Waals surface area contributed by atoms with E-state index in [0.717, 1.165) is 18.4 Å². The van der Waals surface area contributed by atoms with Gasteiger partial charge in [0.2, 0.25) is 0 Å². The Bertz CT molecular complexity index is 1130. The number of aromatic nitrogens is 2. The summed E-state index contributed by atoms with van der Waals surface area (Å²) in [4.78, 5) is 20.3. The highest BCUT2D eigenvalue weighted by Crippen LogP contribution is 2.34. The van der Waals surface area contributed by atoms with Crippen molar-refractivity contribution >= 4 is 16.9 Å². The lowest BCUT2D eigenvalue weighted by atomic mass is 9.99. The van der Waals surface area contributed by atoms with Gasteiger partial charge in [0.25, 0.3) is 5.91 Å². The molecule has 0 spiro atoms. The molecule has 1 unspecified atom stereocenters. The van der Waals surface area contributed by atoms with Crippen molar-refractivity contribution in [1.82, 2.24) is 15.3 Å². The van der Waals surface area contributed by atoms with E-state index in [1.54, 1.807) is 6.33 Å². The number of imidazole rings is 1. The molecular formula is C23H19N3O. The minimum Gasteiger partial charge on any atom is -0.345 e. The third kappa shape index (κ3) is 2.79. The molecule has 1 amide bonds. The SMILES string of the molecule is O=C(NC1CCc2ccc(-c3ccccc3)cc21)c1cccc2[nH]cnc12. The van der Waals surface area contributed by atoms with Crippen LogP contribution in [-0.2, 0) is 6.42 Å². The van der Waals surface area contributed by atoms with Crippen molar-refractivity contribution in [3.63, 3.8) is 0 Å². The van der Waals surface area contributed by atoms with Gasteiger partial charge in [-0.15, -0.1) is 0 Å². The number of nitrogens with zero attached hydrogens (tertiary/aromatic N) is 1. The molecule has 2 N–H and O–H groups in total. The maximum atomic E-state index is 12.9. The van der Waals surface area contributed by atoms with Crippen LogP contribution in [0.2, 0.25) is 0 Å². The highest BCUT2D eigenvalue weighted by Gasteiger charge is 2.25. The van der Waals surface area contributed by atoms with Gasteiger partial charge in [-0.3, -0.25) is 4.79 Å². The van der Waals surface area contributed by atoms with E-state index >= 15 is 0 Å². The number of benzene rings is 3. The Morgan fingerprint density at radius 1 is 1.00 bits per heavy atom. The maximum absolute atomic E-state index is 12.9. The van der Waals surface area contributed by atoms with Gasteiger partial charge in [-0.1, -0.05) is 48.5 Å². The minimum atomic E-state index is -0.0735. The third-order valence-corrected chi connectivity index (χ3v) is 5.33. The van der Waals surface area contributed by atoms with Crippen molar-refractivity contribution in [1.29, 1.82) is 0 Å². The highest BCUT2D eigenvalue weighted by molar-refractivity contribution is 6.04. The molecule has 1 atom stereocenters. The quantitative estimate of drug-likeness (QED) is 0.563. The summed E-state index contributed by atoms with van der Waals surface area (Å²) in [6.07, 6.45) is 3.54. The first-order valence-electron chi connectivity index (χ1n) is 9.21. The van der Waals surface area contributed by atoms with Crippen LogP contribution >= 0.6 is 0 Å². The maximum Gasteiger partial charge on any atom is 0.254 e. The number of hydrogen-bond acceptors (Lipinski definition) is 2. The summed E-state index contributed by atoms with van der Waals surface area (Å²) in [5.41, 5.74) is 7.12.